The van der Waals surface area contributed by atoms with Crippen molar-refractivity contribution in [2.75, 3.05) is 10.8 Å². The molecule has 1 atom stereocenters. The van der Waals surface area contributed by atoms with Gasteiger partial charge in [-0.2, -0.15) is 0 Å². The Morgan fingerprint density at radius 1 is 0.925 bits per heavy atom. The lowest BCUT2D eigenvalue weighted by Crippen LogP contribution is -2.53. The molecule has 0 radical (unpaired) electrons. The summed E-state index contributed by atoms with van der Waals surface area (Å²) >= 11 is 6.18. The Bertz CT molecular complexity index is 1460. The lowest BCUT2D eigenvalue weighted by atomic mass is 10.1. The first-order valence-corrected chi connectivity index (χ1v) is 15.2. The predicted octanol–water partition coefficient (Wildman–Crippen LogP) is 5.79. The second-order valence-corrected chi connectivity index (χ2v) is 12.7. The summed E-state index contributed by atoms with van der Waals surface area (Å²) in [5.41, 5.74) is 3.72. The maximum Gasteiger partial charge on any atom is 0.264 e. The van der Waals surface area contributed by atoms with Gasteiger partial charge in [0.1, 0.15) is 12.6 Å². The van der Waals surface area contributed by atoms with Crippen LogP contribution in [0.5, 0.6) is 0 Å². The highest BCUT2D eigenvalue weighted by Gasteiger charge is 2.34. The highest BCUT2D eigenvalue weighted by molar-refractivity contribution is 7.92. The van der Waals surface area contributed by atoms with Crippen LogP contribution in [0.3, 0.4) is 0 Å². The smallest absolute Gasteiger partial charge is 0.264 e. The molecule has 40 heavy (non-hydrogen) atoms. The zero-order chi connectivity index (χ0) is 29.6. The Balaban J connectivity index is 2.10. The minimum atomic E-state index is -4.14. The molecular formula is C31H38ClN3O4S. The fourth-order valence-electron chi connectivity index (χ4n) is 4.56. The van der Waals surface area contributed by atoms with Crippen LogP contribution < -0.4 is 9.62 Å². The van der Waals surface area contributed by atoms with Crippen LogP contribution in [0.25, 0.3) is 0 Å². The molecule has 0 heterocycles. The molecule has 0 aliphatic heterocycles. The van der Waals surface area contributed by atoms with E-state index in [1.807, 2.05) is 58.9 Å². The summed E-state index contributed by atoms with van der Waals surface area (Å²) in [5.74, 6) is -0.772. The van der Waals surface area contributed by atoms with Crippen molar-refractivity contribution >= 4 is 39.1 Å². The van der Waals surface area contributed by atoms with Crippen LogP contribution in [0.4, 0.5) is 5.69 Å². The molecular weight excluding hydrogens is 546 g/mol. The average Bonchev–Trinajstić information content (AvgIpc) is 2.87. The van der Waals surface area contributed by atoms with E-state index >= 15 is 0 Å². The molecule has 0 aliphatic rings. The molecule has 0 saturated carbocycles. The lowest BCUT2D eigenvalue weighted by molar-refractivity contribution is -0.140. The molecule has 2 amide bonds. The van der Waals surface area contributed by atoms with Crippen molar-refractivity contribution in [2.24, 2.45) is 0 Å². The summed E-state index contributed by atoms with van der Waals surface area (Å²) < 4.78 is 29.1. The van der Waals surface area contributed by atoms with E-state index in [9.17, 15) is 18.0 Å². The molecule has 0 spiro atoms. The Labute approximate surface area is 243 Å². The average molecular weight is 584 g/mol. The van der Waals surface area contributed by atoms with Gasteiger partial charge in [-0.15, -0.1) is 0 Å². The maximum absolute atomic E-state index is 14.1. The number of hydrogen-bond donors (Lipinski definition) is 1. The van der Waals surface area contributed by atoms with Gasteiger partial charge in [-0.25, -0.2) is 8.42 Å². The van der Waals surface area contributed by atoms with Crippen LogP contribution in [0.15, 0.2) is 71.6 Å². The molecule has 0 saturated heterocycles. The molecule has 214 valence electrons. The van der Waals surface area contributed by atoms with Crippen LogP contribution in [-0.2, 0) is 26.2 Å². The van der Waals surface area contributed by atoms with Crippen LogP contribution >= 0.6 is 11.6 Å². The van der Waals surface area contributed by atoms with Crippen molar-refractivity contribution in [1.82, 2.24) is 10.2 Å². The third kappa shape index (κ3) is 7.64. The van der Waals surface area contributed by atoms with Crippen molar-refractivity contribution in [3.63, 3.8) is 0 Å². The fourth-order valence-corrected chi connectivity index (χ4v) is 6.26. The second kappa shape index (κ2) is 13.3. The SMILES string of the molecule is CCC(C(=O)NC(C)C)N(Cc1cccc(C)c1)C(=O)CN(c1ccc(Cl)cc1C)S(=O)(=O)c1ccc(C)cc1. The number of amides is 2. The van der Waals surface area contributed by atoms with E-state index in [0.717, 1.165) is 21.0 Å². The van der Waals surface area contributed by atoms with Gasteiger partial charge in [0.05, 0.1) is 10.6 Å². The number of benzene rings is 3. The van der Waals surface area contributed by atoms with E-state index < -0.39 is 28.5 Å². The lowest BCUT2D eigenvalue weighted by Gasteiger charge is -2.34. The molecule has 0 bridgehead atoms. The number of halogens is 1. The van der Waals surface area contributed by atoms with Gasteiger partial charge in [-0.1, -0.05) is 66.0 Å². The number of aryl methyl sites for hydroxylation is 3. The van der Waals surface area contributed by atoms with E-state index in [0.29, 0.717) is 22.7 Å². The number of sulfonamides is 1. The molecule has 1 unspecified atom stereocenters. The van der Waals surface area contributed by atoms with Gasteiger partial charge >= 0.3 is 0 Å². The monoisotopic (exact) mass is 583 g/mol. The molecule has 1 N–H and O–H groups in total. The standard InChI is InChI=1S/C31H38ClN3O4S/c1-7-28(31(37)33-21(2)3)34(19-25-10-8-9-23(5)17-25)30(36)20-35(29-16-13-26(32)18-24(29)6)40(38,39)27-14-11-22(4)12-15-27/h8-18,21,28H,7,19-20H2,1-6H3,(H,33,37). The van der Waals surface area contributed by atoms with Gasteiger partial charge in [0, 0.05) is 17.6 Å². The summed E-state index contributed by atoms with van der Waals surface area (Å²) in [7, 11) is -4.14. The molecule has 0 aliphatic carbocycles. The highest BCUT2D eigenvalue weighted by Crippen LogP contribution is 2.29. The largest absolute Gasteiger partial charge is 0.352 e. The number of nitrogens with zero attached hydrogens (tertiary/aromatic N) is 2. The number of carbonyl (C=O) groups is 2. The number of nitrogens with one attached hydrogen (secondary N) is 1. The van der Waals surface area contributed by atoms with Gasteiger partial charge in [-0.05, 0) is 82.5 Å². The summed E-state index contributed by atoms with van der Waals surface area (Å²) in [5, 5.41) is 3.36. The molecule has 9 heteroatoms. The van der Waals surface area contributed by atoms with Gasteiger partial charge in [-0.3, -0.25) is 13.9 Å². The Hall–Kier alpha value is -3.36. The van der Waals surface area contributed by atoms with Crippen LogP contribution in [-0.4, -0.2) is 43.8 Å². The van der Waals surface area contributed by atoms with Gasteiger partial charge in [0.2, 0.25) is 11.8 Å². The molecule has 3 aromatic carbocycles. The van der Waals surface area contributed by atoms with Gasteiger partial charge in [0.15, 0.2) is 0 Å². The zero-order valence-electron chi connectivity index (χ0n) is 23.9. The van der Waals surface area contributed by atoms with Crippen molar-refractivity contribution in [1.29, 1.82) is 0 Å². The summed E-state index contributed by atoms with van der Waals surface area (Å²) in [4.78, 5) is 28.9. The van der Waals surface area contributed by atoms with E-state index in [2.05, 4.69) is 5.32 Å². The van der Waals surface area contributed by atoms with E-state index in [4.69, 9.17) is 11.6 Å². The van der Waals surface area contributed by atoms with E-state index in [-0.39, 0.29) is 23.4 Å². The number of hydrogen-bond acceptors (Lipinski definition) is 4. The third-order valence-electron chi connectivity index (χ3n) is 6.57. The van der Waals surface area contributed by atoms with Gasteiger partial charge < -0.3 is 10.2 Å². The predicted molar refractivity (Wildman–Crippen MR) is 161 cm³/mol. The zero-order valence-corrected chi connectivity index (χ0v) is 25.5. The number of rotatable bonds is 11. The van der Waals surface area contributed by atoms with Gasteiger partial charge in [0.25, 0.3) is 10.0 Å². The minimum Gasteiger partial charge on any atom is -0.352 e. The molecule has 0 aromatic heterocycles. The van der Waals surface area contributed by atoms with E-state index in [1.165, 1.54) is 17.0 Å². The minimum absolute atomic E-state index is 0.0649. The summed E-state index contributed by atoms with van der Waals surface area (Å²) in [6.07, 6.45) is 0.362. The van der Waals surface area contributed by atoms with Crippen LogP contribution in [0, 0.1) is 20.8 Å². The first-order valence-electron chi connectivity index (χ1n) is 13.3. The topological polar surface area (TPSA) is 86.8 Å². The van der Waals surface area contributed by atoms with E-state index in [1.54, 1.807) is 37.3 Å². The highest BCUT2D eigenvalue weighted by atomic mass is 35.5. The second-order valence-electron chi connectivity index (χ2n) is 10.4. The first kappa shape index (κ1) is 31.2. The number of carbonyl (C=O) groups excluding carboxylic acids is 2. The number of anilines is 1. The molecule has 7 nitrogen and oxygen atoms in total. The molecule has 0 fully saturated rings. The Kier molecular flexibility index (Phi) is 10.4. The van der Waals surface area contributed by atoms with Crippen LogP contribution in [0.2, 0.25) is 5.02 Å². The quantitative estimate of drug-likeness (QED) is 0.309. The Morgan fingerprint density at radius 3 is 2.17 bits per heavy atom. The molecule has 3 aromatic rings. The summed E-state index contributed by atoms with van der Waals surface area (Å²) in [6.45, 7) is 10.8. The van der Waals surface area contributed by atoms with Crippen molar-refractivity contribution in [3.8, 4) is 0 Å². The Morgan fingerprint density at radius 2 is 1.60 bits per heavy atom. The fraction of sp³-hybridized carbons (Fsp3) is 0.355. The van der Waals surface area contributed by atoms with Crippen molar-refractivity contribution in [2.45, 2.75) is 71.5 Å². The van der Waals surface area contributed by atoms with Crippen LogP contribution in [0.1, 0.15) is 49.4 Å². The molecule has 3 rings (SSSR count). The van der Waals surface area contributed by atoms with Crippen molar-refractivity contribution < 1.29 is 18.0 Å². The first-order chi connectivity index (χ1) is 18.8. The van der Waals surface area contributed by atoms with Crippen molar-refractivity contribution in [3.05, 3.63) is 94.0 Å². The maximum atomic E-state index is 14.1. The summed E-state index contributed by atoms with van der Waals surface area (Å²) in [6, 6.07) is 18.2. The third-order valence-corrected chi connectivity index (χ3v) is 8.58. The normalized spacial score (nSPS) is 12.2.